The number of hydrogen-bond acceptors (Lipinski definition) is 3. The summed E-state index contributed by atoms with van der Waals surface area (Å²) in [4.78, 5) is 13.9. The van der Waals surface area contributed by atoms with Crippen LogP contribution in [0.25, 0.3) is 6.08 Å². The third-order valence-electron chi connectivity index (χ3n) is 3.86. The first-order chi connectivity index (χ1) is 12.5. The molecule has 0 spiro atoms. The second kappa shape index (κ2) is 8.20. The van der Waals surface area contributed by atoms with Gasteiger partial charge in [0.05, 0.1) is 0 Å². The van der Waals surface area contributed by atoms with Crippen LogP contribution in [-0.4, -0.2) is 22.5 Å². The summed E-state index contributed by atoms with van der Waals surface area (Å²) in [7, 11) is 0. The van der Waals surface area contributed by atoms with E-state index in [2.05, 4.69) is 21.2 Å². The predicted molar refractivity (Wildman–Crippen MR) is 111 cm³/mol. The summed E-state index contributed by atoms with van der Waals surface area (Å²) in [5.41, 5.74) is 2.22. The summed E-state index contributed by atoms with van der Waals surface area (Å²) in [5.74, 6) is 0.534. The van der Waals surface area contributed by atoms with E-state index in [0.717, 1.165) is 15.6 Å². The van der Waals surface area contributed by atoms with Crippen LogP contribution in [0.2, 0.25) is 5.02 Å². The van der Waals surface area contributed by atoms with Gasteiger partial charge in [0, 0.05) is 21.6 Å². The lowest BCUT2D eigenvalue weighted by Gasteiger charge is -2.11. The van der Waals surface area contributed by atoms with Crippen LogP contribution >= 0.6 is 39.7 Å². The zero-order valence-electron chi connectivity index (χ0n) is 14.0. The number of benzene rings is 2. The van der Waals surface area contributed by atoms with Crippen molar-refractivity contribution in [2.24, 2.45) is 0 Å². The van der Waals surface area contributed by atoms with Gasteiger partial charge in [0.2, 0.25) is 0 Å². The summed E-state index contributed by atoms with van der Waals surface area (Å²) in [6.45, 7) is 2.81. The number of likely N-dealkylation sites (N-methyl/N-ethyl adjacent to an activating group) is 1. The molecule has 0 aromatic heterocycles. The molecule has 1 N–H and O–H groups in total. The number of nitrogens with zero attached hydrogens (tertiary/aromatic N) is 1. The Morgan fingerprint density at radius 3 is 2.65 bits per heavy atom. The fourth-order valence-corrected chi connectivity index (χ4v) is 3.35. The maximum Gasteiger partial charge on any atom is 0.276 e. The average Bonchev–Trinajstić information content (AvgIpc) is 2.88. The number of rotatable bonds is 5. The summed E-state index contributed by atoms with van der Waals surface area (Å²) in [6.07, 6.45) is 1.76. The van der Waals surface area contributed by atoms with Crippen molar-refractivity contribution in [3.63, 3.8) is 0 Å². The topological polar surface area (TPSA) is 41.6 Å². The third kappa shape index (κ3) is 4.26. The highest BCUT2D eigenvalue weighted by atomic mass is 79.9. The van der Waals surface area contributed by atoms with Crippen LogP contribution < -0.4 is 10.1 Å². The molecule has 2 aromatic rings. The SMILES string of the molecule is CCN1C(=O)/C(=C/c2cc(Br)ccc2OCc2ccc(Cl)cc2)NC1=S. The molecule has 1 aliphatic rings. The minimum absolute atomic E-state index is 0.138. The van der Waals surface area contributed by atoms with Crippen LogP contribution in [0.15, 0.2) is 52.6 Å². The highest BCUT2D eigenvalue weighted by Gasteiger charge is 2.29. The van der Waals surface area contributed by atoms with Crippen LogP contribution in [-0.2, 0) is 11.4 Å². The molecule has 0 bridgehead atoms. The number of nitrogens with one attached hydrogen (secondary N) is 1. The zero-order valence-corrected chi connectivity index (χ0v) is 17.1. The van der Waals surface area contributed by atoms with Gasteiger partial charge in [-0.25, -0.2) is 0 Å². The van der Waals surface area contributed by atoms with Crippen LogP contribution in [0.3, 0.4) is 0 Å². The van der Waals surface area contributed by atoms with Gasteiger partial charge in [-0.1, -0.05) is 39.7 Å². The molecule has 1 aliphatic heterocycles. The first-order valence-electron chi connectivity index (χ1n) is 7.99. The van der Waals surface area contributed by atoms with Gasteiger partial charge < -0.3 is 10.1 Å². The first kappa shape index (κ1) is 18.9. The van der Waals surface area contributed by atoms with E-state index in [1.165, 1.54) is 4.90 Å². The van der Waals surface area contributed by atoms with E-state index < -0.39 is 0 Å². The number of amides is 1. The highest BCUT2D eigenvalue weighted by molar-refractivity contribution is 9.10. The largest absolute Gasteiger partial charge is 0.488 e. The van der Waals surface area contributed by atoms with Crippen molar-refractivity contribution in [2.45, 2.75) is 13.5 Å². The van der Waals surface area contributed by atoms with Crippen molar-refractivity contribution in [1.29, 1.82) is 0 Å². The summed E-state index contributed by atoms with van der Waals surface area (Å²) in [6, 6.07) is 13.1. The van der Waals surface area contributed by atoms with Crippen molar-refractivity contribution < 1.29 is 9.53 Å². The molecule has 7 heteroatoms. The van der Waals surface area contributed by atoms with E-state index in [4.69, 9.17) is 28.6 Å². The average molecular weight is 452 g/mol. The smallest absolute Gasteiger partial charge is 0.276 e. The van der Waals surface area contributed by atoms with E-state index in [-0.39, 0.29) is 5.91 Å². The molecule has 0 unspecified atom stereocenters. The molecule has 2 aromatic carbocycles. The zero-order chi connectivity index (χ0) is 18.7. The van der Waals surface area contributed by atoms with Crippen LogP contribution in [0.5, 0.6) is 5.75 Å². The van der Waals surface area contributed by atoms with E-state index >= 15 is 0 Å². The molecule has 1 saturated heterocycles. The number of carbonyl (C=O) groups is 1. The molecule has 0 saturated carbocycles. The molecular weight excluding hydrogens is 436 g/mol. The van der Waals surface area contributed by atoms with Gasteiger partial charge in [0.25, 0.3) is 5.91 Å². The lowest BCUT2D eigenvalue weighted by Crippen LogP contribution is -2.30. The Hall–Kier alpha value is -1.89. The van der Waals surface area contributed by atoms with Crippen molar-refractivity contribution in [1.82, 2.24) is 10.2 Å². The molecule has 1 fully saturated rings. The number of hydrogen-bond donors (Lipinski definition) is 1. The summed E-state index contributed by atoms with van der Waals surface area (Å²) in [5, 5.41) is 4.07. The normalized spacial score (nSPS) is 15.5. The number of thiocarbonyl (C=S) groups is 1. The summed E-state index contributed by atoms with van der Waals surface area (Å²) < 4.78 is 6.84. The van der Waals surface area contributed by atoms with Gasteiger partial charge in [-0.2, -0.15) is 0 Å². The standard InChI is InChI=1S/C19H16BrClN2O2S/c1-2-23-18(24)16(22-19(23)26)10-13-9-14(20)5-8-17(13)25-11-12-3-6-15(21)7-4-12/h3-10H,2,11H2,1H3,(H,22,26)/b16-10-. The monoisotopic (exact) mass is 450 g/mol. The Kier molecular flexibility index (Phi) is 5.96. The minimum Gasteiger partial charge on any atom is -0.488 e. The fraction of sp³-hybridized carbons (Fsp3) is 0.158. The van der Waals surface area contributed by atoms with Crippen LogP contribution in [0.4, 0.5) is 0 Å². The Balaban J connectivity index is 1.84. The Labute approximate surface area is 170 Å². The predicted octanol–water partition coefficient (Wildman–Crippen LogP) is 4.76. The van der Waals surface area contributed by atoms with Gasteiger partial charge in [-0.3, -0.25) is 9.69 Å². The molecule has 134 valence electrons. The van der Waals surface area contributed by atoms with Crippen LogP contribution in [0.1, 0.15) is 18.1 Å². The lowest BCUT2D eigenvalue weighted by atomic mass is 10.1. The maximum absolute atomic E-state index is 12.4. The quantitative estimate of drug-likeness (QED) is 0.526. The van der Waals surface area contributed by atoms with E-state index in [1.54, 1.807) is 6.08 Å². The fourth-order valence-electron chi connectivity index (χ4n) is 2.52. The molecule has 0 aliphatic carbocycles. The second-order valence-electron chi connectivity index (χ2n) is 5.63. The Morgan fingerprint density at radius 2 is 2.00 bits per heavy atom. The Morgan fingerprint density at radius 1 is 1.27 bits per heavy atom. The van der Waals surface area contributed by atoms with Crippen molar-refractivity contribution in [3.8, 4) is 5.75 Å². The van der Waals surface area contributed by atoms with Gasteiger partial charge >= 0.3 is 0 Å². The maximum atomic E-state index is 12.4. The molecule has 1 heterocycles. The lowest BCUT2D eigenvalue weighted by molar-refractivity contribution is -0.122. The molecule has 1 amide bonds. The molecule has 26 heavy (non-hydrogen) atoms. The summed E-state index contributed by atoms with van der Waals surface area (Å²) >= 11 is 14.6. The van der Waals surface area contributed by atoms with Crippen molar-refractivity contribution in [3.05, 3.63) is 68.8 Å². The second-order valence-corrected chi connectivity index (χ2v) is 7.37. The molecule has 3 rings (SSSR count). The molecule has 0 atom stereocenters. The highest BCUT2D eigenvalue weighted by Crippen LogP contribution is 2.27. The number of carbonyl (C=O) groups excluding carboxylic acids is 1. The van der Waals surface area contributed by atoms with Crippen molar-refractivity contribution in [2.75, 3.05) is 6.54 Å². The molecular formula is C19H16BrClN2O2S. The van der Waals surface area contributed by atoms with Crippen LogP contribution in [0, 0.1) is 0 Å². The first-order valence-corrected chi connectivity index (χ1v) is 9.57. The van der Waals surface area contributed by atoms with E-state index in [9.17, 15) is 4.79 Å². The van der Waals surface area contributed by atoms with Gasteiger partial charge in [0.1, 0.15) is 18.1 Å². The van der Waals surface area contributed by atoms with Gasteiger partial charge in [-0.05, 0) is 61.1 Å². The van der Waals surface area contributed by atoms with Crippen molar-refractivity contribution >= 4 is 56.8 Å². The number of halogens is 2. The Bertz CT molecular complexity index is 884. The van der Waals surface area contributed by atoms with Gasteiger partial charge in [-0.15, -0.1) is 0 Å². The molecule has 0 radical (unpaired) electrons. The molecule has 4 nitrogen and oxygen atoms in total. The van der Waals surface area contributed by atoms with Gasteiger partial charge in [0.15, 0.2) is 5.11 Å². The third-order valence-corrected chi connectivity index (χ3v) is 4.93. The number of ether oxygens (including phenoxy) is 1. The van der Waals surface area contributed by atoms with E-state index in [0.29, 0.717) is 34.7 Å². The van der Waals surface area contributed by atoms with E-state index in [1.807, 2.05) is 49.4 Å². The minimum atomic E-state index is -0.138.